The predicted molar refractivity (Wildman–Crippen MR) is 76.5 cm³/mol. The van der Waals surface area contributed by atoms with Crippen molar-refractivity contribution >= 4 is 17.7 Å². The Bertz CT molecular complexity index is 597. The Hall–Kier alpha value is -1.89. The highest BCUT2D eigenvalue weighted by atomic mass is 32.2. The lowest BCUT2D eigenvalue weighted by Gasteiger charge is -2.17. The average Bonchev–Trinajstić information content (AvgIpc) is 2.95. The molecule has 106 valence electrons. The van der Waals surface area contributed by atoms with Gasteiger partial charge in [0.2, 0.25) is 0 Å². The summed E-state index contributed by atoms with van der Waals surface area (Å²) in [6.07, 6.45) is 2.01. The fraction of sp³-hybridized carbons (Fsp3) is 0.385. The summed E-state index contributed by atoms with van der Waals surface area (Å²) in [5.41, 5.74) is 0.872. The number of aromatic nitrogens is 4. The largest absolute Gasteiger partial charge is 0.481 e. The van der Waals surface area contributed by atoms with Gasteiger partial charge in [0.1, 0.15) is 0 Å². The summed E-state index contributed by atoms with van der Waals surface area (Å²) in [5.74, 6) is -0.849. The fourth-order valence-corrected chi connectivity index (χ4v) is 2.22. The van der Waals surface area contributed by atoms with Gasteiger partial charge in [-0.15, -0.1) is 16.9 Å². The van der Waals surface area contributed by atoms with Crippen LogP contribution in [0, 0.1) is 5.92 Å². The number of aliphatic carboxylic acids is 1. The number of carboxylic acid groups (broad SMARTS) is 1. The highest BCUT2D eigenvalue weighted by Crippen LogP contribution is 2.25. The normalized spacial score (nSPS) is 13.9. The molecule has 1 aromatic carbocycles. The van der Waals surface area contributed by atoms with E-state index in [0.717, 1.165) is 10.5 Å². The van der Waals surface area contributed by atoms with Crippen LogP contribution >= 0.6 is 11.8 Å². The third-order valence-electron chi connectivity index (χ3n) is 3.34. The zero-order valence-corrected chi connectivity index (χ0v) is 12.3. The first-order valence-electron chi connectivity index (χ1n) is 6.19. The van der Waals surface area contributed by atoms with Gasteiger partial charge in [-0.1, -0.05) is 12.1 Å². The zero-order chi connectivity index (χ0) is 14.7. The second kappa shape index (κ2) is 6.04. The van der Waals surface area contributed by atoms with Crippen LogP contribution in [-0.4, -0.2) is 37.5 Å². The summed E-state index contributed by atoms with van der Waals surface area (Å²) in [5, 5.41) is 20.7. The number of tetrazole rings is 1. The fourth-order valence-electron chi connectivity index (χ4n) is 1.82. The molecule has 0 aliphatic carbocycles. The van der Waals surface area contributed by atoms with Crippen molar-refractivity contribution in [1.29, 1.82) is 0 Å². The van der Waals surface area contributed by atoms with E-state index in [2.05, 4.69) is 15.5 Å². The number of thioether (sulfide) groups is 1. The number of carboxylic acids is 1. The average molecular weight is 292 g/mol. The number of carbonyl (C=O) groups is 1. The first kappa shape index (κ1) is 14.5. The van der Waals surface area contributed by atoms with Crippen LogP contribution in [0.3, 0.4) is 0 Å². The summed E-state index contributed by atoms with van der Waals surface area (Å²) in [6, 6.07) is 7.53. The number of benzene rings is 1. The Morgan fingerprint density at radius 3 is 2.50 bits per heavy atom. The molecule has 1 N–H and O–H groups in total. The summed E-state index contributed by atoms with van der Waals surface area (Å²) >= 11 is 1.66. The number of hydrogen-bond acceptors (Lipinski definition) is 5. The molecule has 2 rings (SSSR count). The summed E-state index contributed by atoms with van der Waals surface area (Å²) < 4.78 is 1.56. The Morgan fingerprint density at radius 2 is 1.95 bits per heavy atom. The van der Waals surface area contributed by atoms with Gasteiger partial charge in [0, 0.05) is 10.5 Å². The first-order chi connectivity index (χ1) is 9.54. The highest BCUT2D eigenvalue weighted by molar-refractivity contribution is 7.98. The lowest BCUT2D eigenvalue weighted by atomic mass is 10.0. The minimum absolute atomic E-state index is 0.322. The van der Waals surface area contributed by atoms with E-state index < -0.39 is 11.9 Å². The van der Waals surface area contributed by atoms with Crippen molar-refractivity contribution in [3.8, 4) is 11.4 Å². The van der Waals surface area contributed by atoms with Crippen LogP contribution in [0.5, 0.6) is 0 Å². The van der Waals surface area contributed by atoms with Crippen molar-refractivity contribution in [3.63, 3.8) is 0 Å². The maximum absolute atomic E-state index is 11.1. The van der Waals surface area contributed by atoms with Gasteiger partial charge in [-0.3, -0.25) is 4.79 Å². The molecular weight excluding hydrogens is 276 g/mol. The van der Waals surface area contributed by atoms with Gasteiger partial charge in [-0.25, -0.2) is 4.68 Å². The molecule has 20 heavy (non-hydrogen) atoms. The molecular formula is C13H16N4O2S. The van der Waals surface area contributed by atoms with Crippen LogP contribution in [0.25, 0.3) is 11.4 Å². The molecule has 0 aliphatic rings. The van der Waals surface area contributed by atoms with Gasteiger partial charge in [-0.05, 0) is 42.7 Å². The predicted octanol–water partition coefficient (Wildman–Crippen LogP) is 2.34. The lowest BCUT2D eigenvalue weighted by molar-refractivity contribution is -0.142. The third-order valence-corrected chi connectivity index (χ3v) is 4.08. The van der Waals surface area contributed by atoms with Crippen molar-refractivity contribution in [2.45, 2.75) is 24.8 Å². The second-order valence-electron chi connectivity index (χ2n) is 4.54. The molecule has 1 heterocycles. The van der Waals surface area contributed by atoms with Gasteiger partial charge in [0.15, 0.2) is 5.82 Å². The van der Waals surface area contributed by atoms with Crippen LogP contribution < -0.4 is 0 Å². The van der Waals surface area contributed by atoms with E-state index in [-0.39, 0.29) is 6.04 Å². The molecule has 2 unspecified atom stereocenters. The van der Waals surface area contributed by atoms with Crippen molar-refractivity contribution in [1.82, 2.24) is 20.2 Å². The zero-order valence-electron chi connectivity index (χ0n) is 11.5. The Kier molecular flexibility index (Phi) is 4.39. The highest BCUT2D eigenvalue weighted by Gasteiger charge is 2.24. The first-order valence-corrected chi connectivity index (χ1v) is 7.42. The maximum atomic E-state index is 11.1. The van der Waals surface area contributed by atoms with E-state index in [4.69, 9.17) is 5.11 Å². The molecule has 0 aliphatic heterocycles. The number of hydrogen-bond donors (Lipinski definition) is 1. The molecule has 0 spiro atoms. The monoisotopic (exact) mass is 292 g/mol. The van der Waals surface area contributed by atoms with Crippen molar-refractivity contribution in [2.24, 2.45) is 5.92 Å². The number of nitrogens with zero attached hydrogens (tertiary/aromatic N) is 4. The molecule has 2 atom stereocenters. The Balaban J connectivity index is 2.34. The van der Waals surface area contributed by atoms with E-state index in [9.17, 15) is 4.79 Å². The molecule has 0 saturated heterocycles. The van der Waals surface area contributed by atoms with Gasteiger partial charge >= 0.3 is 5.97 Å². The third kappa shape index (κ3) is 2.82. The minimum Gasteiger partial charge on any atom is -0.481 e. The van der Waals surface area contributed by atoms with Gasteiger partial charge in [-0.2, -0.15) is 0 Å². The molecule has 7 heteroatoms. The summed E-state index contributed by atoms with van der Waals surface area (Å²) in [4.78, 5) is 12.2. The van der Waals surface area contributed by atoms with Crippen LogP contribution in [0.4, 0.5) is 0 Å². The SMILES string of the molecule is CSc1ccc(-c2nnnn2C(C)C(C)C(=O)O)cc1. The Morgan fingerprint density at radius 1 is 1.30 bits per heavy atom. The van der Waals surface area contributed by atoms with Gasteiger partial charge in [0.05, 0.1) is 12.0 Å². The van der Waals surface area contributed by atoms with Crippen molar-refractivity contribution in [2.75, 3.05) is 6.26 Å². The van der Waals surface area contributed by atoms with Crippen LogP contribution in [0.15, 0.2) is 29.2 Å². The molecule has 0 saturated carbocycles. The lowest BCUT2D eigenvalue weighted by Crippen LogP contribution is -2.23. The second-order valence-corrected chi connectivity index (χ2v) is 5.42. The van der Waals surface area contributed by atoms with E-state index in [1.807, 2.05) is 30.5 Å². The summed E-state index contributed by atoms with van der Waals surface area (Å²) in [6.45, 7) is 3.45. The molecule has 1 aromatic heterocycles. The Labute approximate surface area is 121 Å². The van der Waals surface area contributed by atoms with Crippen molar-refractivity contribution < 1.29 is 9.90 Å². The van der Waals surface area contributed by atoms with Crippen LogP contribution in [-0.2, 0) is 4.79 Å². The smallest absolute Gasteiger partial charge is 0.308 e. The number of rotatable bonds is 5. The molecule has 0 amide bonds. The van der Waals surface area contributed by atoms with E-state index in [0.29, 0.717) is 5.82 Å². The van der Waals surface area contributed by atoms with E-state index in [1.165, 1.54) is 0 Å². The quantitative estimate of drug-likeness (QED) is 0.852. The van der Waals surface area contributed by atoms with Crippen LogP contribution in [0.1, 0.15) is 19.9 Å². The molecule has 0 fully saturated rings. The van der Waals surface area contributed by atoms with Gasteiger partial charge in [0.25, 0.3) is 0 Å². The van der Waals surface area contributed by atoms with Crippen molar-refractivity contribution in [3.05, 3.63) is 24.3 Å². The summed E-state index contributed by atoms with van der Waals surface area (Å²) in [7, 11) is 0. The molecule has 6 nitrogen and oxygen atoms in total. The standard InChI is InChI=1S/C13H16N4O2S/c1-8(13(18)19)9(2)17-12(14-15-16-17)10-4-6-11(20-3)7-5-10/h4-9H,1-3H3,(H,18,19). The molecule has 0 radical (unpaired) electrons. The van der Waals surface area contributed by atoms with Gasteiger partial charge < -0.3 is 5.11 Å². The minimum atomic E-state index is -0.864. The van der Waals surface area contributed by atoms with E-state index >= 15 is 0 Å². The van der Waals surface area contributed by atoms with Crippen LogP contribution in [0.2, 0.25) is 0 Å². The maximum Gasteiger partial charge on any atom is 0.308 e. The molecule has 0 bridgehead atoms. The topological polar surface area (TPSA) is 80.9 Å². The molecule has 2 aromatic rings. The van der Waals surface area contributed by atoms with E-state index in [1.54, 1.807) is 30.3 Å².